The Morgan fingerprint density at radius 3 is 2.73 bits per heavy atom. The first-order chi connectivity index (χ1) is 7.24. The van der Waals surface area contributed by atoms with Crippen molar-refractivity contribution >= 4 is 11.3 Å². The molecule has 0 aromatic rings. The van der Waals surface area contributed by atoms with Crippen LogP contribution in [-0.2, 0) is 16.0 Å². The molecule has 15 heavy (non-hydrogen) atoms. The molecule has 1 aliphatic heterocycles. The van der Waals surface area contributed by atoms with Crippen molar-refractivity contribution in [3.8, 4) is 0 Å². The van der Waals surface area contributed by atoms with Crippen LogP contribution in [0.2, 0.25) is 0 Å². The highest BCUT2D eigenvalue weighted by atomic mass is 32.2. The first-order valence-corrected chi connectivity index (χ1v) is 6.00. The molecular weight excluding hydrogens is 214 g/mol. The van der Waals surface area contributed by atoms with E-state index in [1.165, 1.54) is 10.5 Å². The van der Waals surface area contributed by atoms with Crippen LogP contribution >= 0.6 is 0 Å². The maximum absolute atomic E-state index is 10.9. The van der Waals surface area contributed by atoms with Gasteiger partial charge in [-0.2, -0.15) is 0 Å². The molecule has 1 atom stereocenters. The summed E-state index contributed by atoms with van der Waals surface area (Å²) in [6.45, 7) is 5.50. The van der Waals surface area contributed by atoms with Gasteiger partial charge in [-0.05, 0) is 24.8 Å². The van der Waals surface area contributed by atoms with Gasteiger partial charge in [0.05, 0.1) is 0 Å². The second-order valence-electron chi connectivity index (χ2n) is 3.45. The van der Waals surface area contributed by atoms with E-state index in [2.05, 4.69) is 6.58 Å². The molecule has 0 radical (unpaired) electrons. The van der Waals surface area contributed by atoms with Crippen molar-refractivity contribution in [3.63, 3.8) is 0 Å². The van der Waals surface area contributed by atoms with Crippen molar-refractivity contribution in [2.75, 3.05) is 19.8 Å². The predicted octanol–water partition coefficient (Wildman–Crippen LogP) is 1.21. The van der Waals surface area contributed by atoms with Gasteiger partial charge in [-0.1, -0.05) is 12.7 Å². The summed E-state index contributed by atoms with van der Waals surface area (Å²) in [5, 5.41) is 0. The third-order valence-electron chi connectivity index (χ3n) is 2.36. The second kappa shape index (κ2) is 6.76. The summed E-state index contributed by atoms with van der Waals surface area (Å²) >= 11 is -2.20. The summed E-state index contributed by atoms with van der Waals surface area (Å²) in [7, 11) is 0. The van der Waals surface area contributed by atoms with Crippen LogP contribution in [-0.4, -0.2) is 32.8 Å². The largest absolute Gasteiger partial charge is 0.755 e. The highest BCUT2D eigenvalue weighted by molar-refractivity contribution is 7.76. The molecule has 1 rings (SSSR count). The normalized spacial score (nSPS) is 20.3. The van der Waals surface area contributed by atoms with Crippen LogP contribution in [0.5, 0.6) is 0 Å². The minimum absolute atomic E-state index is 0.395. The van der Waals surface area contributed by atoms with Gasteiger partial charge in [-0.25, -0.2) is 0 Å². The fraction of sp³-hybridized carbons (Fsp3) is 0.600. The zero-order valence-corrected chi connectivity index (χ0v) is 9.45. The molecule has 1 fully saturated rings. The molecule has 0 aromatic heterocycles. The van der Waals surface area contributed by atoms with Gasteiger partial charge in [-0.15, -0.1) is 0 Å². The number of rotatable bonds is 5. The molecule has 1 heterocycles. The highest BCUT2D eigenvalue weighted by Crippen LogP contribution is 2.16. The van der Waals surface area contributed by atoms with Crippen LogP contribution in [0.1, 0.15) is 12.8 Å². The third kappa shape index (κ3) is 4.59. The first kappa shape index (κ1) is 12.4. The lowest BCUT2D eigenvalue weighted by Crippen LogP contribution is -2.30. The molecule has 5 heteroatoms. The second-order valence-corrected chi connectivity index (χ2v) is 4.35. The maximum Gasteiger partial charge on any atom is 0.0469 e. The van der Waals surface area contributed by atoms with Crippen molar-refractivity contribution in [3.05, 3.63) is 24.9 Å². The third-order valence-corrected chi connectivity index (χ3v) is 3.01. The lowest BCUT2D eigenvalue weighted by molar-refractivity contribution is 0.0628. The van der Waals surface area contributed by atoms with Gasteiger partial charge in [0, 0.05) is 37.2 Å². The summed E-state index contributed by atoms with van der Waals surface area (Å²) in [5.74, 6) is 0.395. The molecule has 0 aliphatic carbocycles. The lowest BCUT2D eigenvalue weighted by atomic mass is 10.0. The Hall–Kier alpha value is -0.650. The average molecular weight is 230 g/mol. The Balaban J connectivity index is 2.45. The summed E-state index contributed by atoms with van der Waals surface area (Å²) < 4.78 is 28.3. The van der Waals surface area contributed by atoms with Crippen molar-refractivity contribution < 1.29 is 13.5 Å². The van der Waals surface area contributed by atoms with Gasteiger partial charge >= 0.3 is 0 Å². The topological polar surface area (TPSA) is 52.6 Å². The van der Waals surface area contributed by atoms with E-state index in [4.69, 9.17) is 4.74 Å². The minimum Gasteiger partial charge on any atom is -0.755 e. The molecule has 1 aliphatic rings. The van der Waals surface area contributed by atoms with E-state index in [9.17, 15) is 8.76 Å². The monoisotopic (exact) mass is 230 g/mol. The maximum atomic E-state index is 10.9. The molecule has 1 saturated heterocycles. The van der Waals surface area contributed by atoms with E-state index in [0.717, 1.165) is 26.1 Å². The summed E-state index contributed by atoms with van der Waals surface area (Å²) in [6.07, 6.45) is 6.57. The molecule has 1 unspecified atom stereocenters. The molecular formula is C10H16NO3S-. The van der Waals surface area contributed by atoms with E-state index >= 15 is 0 Å². The summed E-state index contributed by atoms with van der Waals surface area (Å²) in [6, 6.07) is 0. The van der Waals surface area contributed by atoms with Crippen molar-refractivity contribution in [1.82, 2.24) is 4.31 Å². The molecule has 0 spiro atoms. The van der Waals surface area contributed by atoms with Crippen LogP contribution in [0.25, 0.3) is 0 Å². The van der Waals surface area contributed by atoms with Crippen molar-refractivity contribution in [2.45, 2.75) is 12.8 Å². The van der Waals surface area contributed by atoms with Gasteiger partial charge in [0.25, 0.3) is 0 Å². The number of nitrogens with zero attached hydrogens (tertiary/aromatic N) is 1. The van der Waals surface area contributed by atoms with E-state index in [-0.39, 0.29) is 0 Å². The minimum atomic E-state index is -2.20. The quantitative estimate of drug-likeness (QED) is 0.527. The molecule has 0 amide bonds. The Labute approximate surface area is 93.0 Å². The van der Waals surface area contributed by atoms with E-state index in [0.29, 0.717) is 12.5 Å². The number of ether oxygens (including phenoxy) is 1. The molecule has 4 nitrogen and oxygen atoms in total. The molecule has 0 bridgehead atoms. The van der Waals surface area contributed by atoms with Crippen molar-refractivity contribution in [1.29, 1.82) is 0 Å². The molecule has 86 valence electrons. The van der Waals surface area contributed by atoms with Crippen LogP contribution in [0.15, 0.2) is 24.9 Å². The van der Waals surface area contributed by atoms with Gasteiger partial charge in [-0.3, -0.25) is 4.21 Å². The van der Waals surface area contributed by atoms with Crippen LogP contribution in [0.3, 0.4) is 0 Å². The van der Waals surface area contributed by atoms with Gasteiger partial charge in [0.15, 0.2) is 0 Å². The molecule has 0 saturated carbocycles. The fourth-order valence-corrected chi connectivity index (χ4v) is 2.01. The van der Waals surface area contributed by atoms with Crippen LogP contribution < -0.4 is 0 Å². The number of allylic oxidation sites excluding steroid dienone is 2. The van der Waals surface area contributed by atoms with Crippen LogP contribution in [0.4, 0.5) is 0 Å². The summed E-state index contributed by atoms with van der Waals surface area (Å²) in [4.78, 5) is 0. The number of hydrogen-bond donors (Lipinski definition) is 0. The van der Waals surface area contributed by atoms with Gasteiger partial charge in [0.1, 0.15) is 0 Å². The first-order valence-electron chi connectivity index (χ1n) is 4.97. The Morgan fingerprint density at radius 2 is 2.20 bits per heavy atom. The summed E-state index contributed by atoms with van der Waals surface area (Å²) in [5.41, 5.74) is 0. The predicted molar refractivity (Wildman–Crippen MR) is 58.5 cm³/mol. The zero-order chi connectivity index (χ0) is 11.1. The SMILES string of the molecule is C=C/C=C/N(CC1CCOCC1)S(=O)[O-]. The Kier molecular flexibility index (Phi) is 5.60. The molecule has 0 aromatic carbocycles. The Bertz CT molecular complexity index is 249. The fourth-order valence-electron chi connectivity index (χ4n) is 1.51. The standard InChI is InChI=1S/C10H17NO3S/c1-2-3-6-11(15(12)13)9-10-4-7-14-8-5-10/h2-3,6,10H,1,4-5,7-9H2,(H,12,13)/p-1/b6-3+. The lowest BCUT2D eigenvalue weighted by Gasteiger charge is -2.29. The highest BCUT2D eigenvalue weighted by Gasteiger charge is 2.16. The average Bonchev–Trinajstić information content (AvgIpc) is 2.25. The van der Waals surface area contributed by atoms with Crippen molar-refractivity contribution in [2.24, 2.45) is 5.92 Å². The van der Waals surface area contributed by atoms with E-state index in [1.807, 2.05) is 0 Å². The smallest absolute Gasteiger partial charge is 0.0469 e. The number of hydrogen-bond acceptors (Lipinski definition) is 3. The van der Waals surface area contributed by atoms with E-state index in [1.54, 1.807) is 12.2 Å². The zero-order valence-electron chi connectivity index (χ0n) is 8.63. The Morgan fingerprint density at radius 1 is 1.53 bits per heavy atom. The van der Waals surface area contributed by atoms with Gasteiger partial charge < -0.3 is 13.6 Å². The van der Waals surface area contributed by atoms with Crippen LogP contribution in [0, 0.1) is 5.92 Å². The van der Waals surface area contributed by atoms with Gasteiger partial charge in [0.2, 0.25) is 0 Å². The molecule has 0 N–H and O–H groups in total. The van der Waals surface area contributed by atoms with E-state index < -0.39 is 11.3 Å².